The average Bonchev–Trinajstić information content (AvgIpc) is 2.78. The minimum Gasteiger partial charge on any atom is -0.492 e. The monoisotopic (exact) mass is 407 g/mol. The van der Waals surface area contributed by atoms with Gasteiger partial charge >= 0.3 is 0 Å². The highest BCUT2D eigenvalue weighted by Gasteiger charge is 2.10. The van der Waals surface area contributed by atoms with Crippen molar-refractivity contribution in [3.63, 3.8) is 0 Å². The Morgan fingerprint density at radius 3 is 2.67 bits per heavy atom. The number of para-hydroxylation sites is 2. The fourth-order valence-corrected chi connectivity index (χ4v) is 2.94. The molecule has 1 aromatic heterocycles. The van der Waals surface area contributed by atoms with Crippen LogP contribution in [0.4, 0.5) is 11.5 Å². The Bertz CT molecular complexity index is 1060. The van der Waals surface area contributed by atoms with Crippen molar-refractivity contribution >= 4 is 17.3 Å². The number of ether oxygens (including phenoxy) is 1. The Hall–Kier alpha value is -3.85. The van der Waals surface area contributed by atoms with Gasteiger partial charge in [0.1, 0.15) is 11.6 Å². The van der Waals surface area contributed by atoms with Gasteiger partial charge < -0.3 is 21.3 Å². The summed E-state index contributed by atoms with van der Waals surface area (Å²) < 4.78 is 7.14. The van der Waals surface area contributed by atoms with Gasteiger partial charge in [0.15, 0.2) is 5.82 Å². The number of aryl methyl sites for hydroxylation is 1. The van der Waals surface area contributed by atoms with Gasteiger partial charge in [0.25, 0.3) is 5.56 Å². The van der Waals surface area contributed by atoms with E-state index in [2.05, 4.69) is 20.8 Å². The third-order valence-electron chi connectivity index (χ3n) is 4.47. The fraction of sp³-hybridized carbons (Fsp3) is 0.190. The summed E-state index contributed by atoms with van der Waals surface area (Å²) in [5.74, 6) is 12.0. The van der Waals surface area contributed by atoms with Crippen LogP contribution >= 0.6 is 0 Å². The lowest BCUT2D eigenvalue weighted by Gasteiger charge is -2.13. The molecule has 0 atom stereocenters. The molecule has 0 aliphatic heterocycles. The van der Waals surface area contributed by atoms with Crippen molar-refractivity contribution in [2.24, 2.45) is 16.8 Å². The third-order valence-corrected chi connectivity index (χ3v) is 4.47. The minimum atomic E-state index is -0.263. The molecule has 0 aliphatic rings. The van der Waals surface area contributed by atoms with Crippen molar-refractivity contribution in [3.05, 3.63) is 76.8 Å². The summed E-state index contributed by atoms with van der Waals surface area (Å²) in [6.45, 7) is 2.43. The lowest BCUT2D eigenvalue weighted by Crippen LogP contribution is -2.31. The van der Waals surface area contributed by atoms with Crippen LogP contribution < -0.4 is 32.7 Å². The van der Waals surface area contributed by atoms with Crippen LogP contribution in [0.2, 0.25) is 0 Å². The van der Waals surface area contributed by atoms with Gasteiger partial charge in [-0.15, -0.1) is 0 Å². The van der Waals surface area contributed by atoms with E-state index in [9.17, 15) is 4.79 Å². The van der Waals surface area contributed by atoms with Crippen molar-refractivity contribution in [1.29, 1.82) is 0 Å². The summed E-state index contributed by atoms with van der Waals surface area (Å²) in [6.07, 6.45) is 4.52. The predicted octanol–water partition coefficient (Wildman–Crippen LogP) is 2.04. The maximum absolute atomic E-state index is 13.0. The average molecular weight is 407 g/mol. The summed E-state index contributed by atoms with van der Waals surface area (Å²) >= 11 is 0. The number of amidine groups is 1. The van der Waals surface area contributed by atoms with Gasteiger partial charge in [-0.2, -0.15) is 5.10 Å². The molecule has 30 heavy (non-hydrogen) atoms. The standard InChI is InChI=1S/C21H25N7O2/c1-2-30-18-6-4-3-5-17(18)25-20-21(29)28(14-13-24-20)16-10-7-15(8-11-16)9-12-19(26-22)27-23/h3-8,10-11,13-14H,2,9,12,22-23H2,1H3,(H,24,25)(H,26,27). The van der Waals surface area contributed by atoms with Crippen LogP contribution in [-0.4, -0.2) is 22.0 Å². The van der Waals surface area contributed by atoms with Crippen LogP contribution in [0.15, 0.2) is 70.8 Å². The SMILES string of the molecule is CCOc1ccccc1Nc1nccn(-c2ccc(CC/C(=N/N)NN)cc2)c1=O. The normalized spacial score (nSPS) is 11.2. The zero-order chi connectivity index (χ0) is 21.3. The van der Waals surface area contributed by atoms with E-state index in [0.717, 1.165) is 11.3 Å². The summed E-state index contributed by atoms with van der Waals surface area (Å²) in [4.78, 5) is 17.2. The molecule has 0 saturated heterocycles. The minimum absolute atomic E-state index is 0.214. The second-order valence-electron chi connectivity index (χ2n) is 6.39. The molecule has 9 nitrogen and oxygen atoms in total. The van der Waals surface area contributed by atoms with Crippen LogP contribution in [0, 0.1) is 0 Å². The Labute approximate surface area is 174 Å². The number of nitrogens with zero attached hydrogens (tertiary/aromatic N) is 3. The fourth-order valence-electron chi connectivity index (χ4n) is 2.94. The second kappa shape index (κ2) is 10.1. The summed E-state index contributed by atoms with van der Waals surface area (Å²) in [7, 11) is 0. The van der Waals surface area contributed by atoms with Crippen molar-refractivity contribution in [1.82, 2.24) is 15.0 Å². The van der Waals surface area contributed by atoms with E-state index in [-0.39, 0.29) is 11.4 Å². The Morgan fingerprint density at radius 2 is 1.97 bits per heavy atom. The van der Waals surface area contributed by atoms with Crippen LogP contribution in [0.3, 0.4) is 0 Å². The van der Waals surface area contributed by atoms with Gasteiger partial charge in [-0.3, -0.25) is 9.36 Å². The van der Waals surface area contributed by atoms with Crippen LogP contribution in [0.1, 0.15) is 18.9 Å². The van der Waals surface area contributed by atoms with Gasteiger partial charge in [0, 0.05) is 24.5 Å². The van der Waals surface area contributed by atoms with Gasteiger partial charge in [0.2, 0.25) is 0 Å². The summed E-state index contributed by atoms with van der Waals surface area (Å²) in [6, 6.07) is 15.1. The molecule has 0 saturated carbocycles. The van der Waals surface area contributed by atoms with Gasteiger partial charge in [-0.25, -0.2) is 10.8 Å². The number of benzene rings is 2. The number of nitrogens with two attached hydrogens (primary N) is 2. The summed E-state index contributed by atoms with van der Waals surface area (Å²) in [5.41, 5.74) is 4.69. The quantitative estimate of drug-likeness (QED) is 0.194. The predicted molar refractivity (Wildman–Crippen MR) is 118 cm³/mol. The number of hydrazine groups is 1. The molecule has 0 aliphatic carbocycles. The van der Waals surface area contributed by atoms with Crippen molar-refractivity contribution < 1.29 is 4.74 Å². The highest BCUT2D eigenvalue weighted by Crippen LogP contribution is 2.25. The van der Waals surface area contributed by atoms with Gasteiger partial charge in [0.05, 0.1) is 12.3 Å². The molecule has 0 radical (unpaired) electrons. The number of rotatable bonds is 8. The molecular weight excluding hydrogens is 382 g/mol. The van der Waals surface area contributed by atoms with Crippen molar-refractivity contribution in [3.8, 4) is 11.4 Å². The molecule has 156 valence electrons. The first-order chi connectivity index (χ1) is 14.7. The van der Waals surface area contributed by atoms with Crippen molar-refractivity contribution in [2.75, 3.05) is 11.9 Å². The van der Waals surface area contributed by atoms with E-state index in [1.807, 2.05) is 55.5 Å². The van der Waals surface area contributed by atoms with Crippen LogP contribution in [0.25, 0.3) is 5.69 Å². The molecule has 2 aromatic carbocycles. The Balaban J connectivity index is 1.81. The number of nitrogens with one attached hydrogen (secondary N) is 2. The largest absolute Gasteiger partial charge is 0.492 e. The second-order valence-corrected chi connectivity index (χ2v) is 6.39. The lowest BCUT2D eigenvalue weighted by atomic mass is 10.1. The molecule has 0 spiro atoms. The maximum Gasteiger partial charge on any atom is 0.298 e. The van der Waals surface area contributed by atoms with E-state index in [1.54, 1.807) is 12.4 Å². The lowest BCUT2D eigenvalue weighted by molar-refractivity contribution is 0.342. The van der Waals surface area contributed by atoms with Crippen molar-refractivity contribution in [2.45, 2.75) is 19.8 Å². The molecule has 6 N–H and O–H groups in total. The third kappa shape index (κ3) is 4.95. The highest BCUT2D eigenvalue weighted by atomic mass is 16.5. The molecule has 0 unspecified atom stereocenters. The maximum atomic E-state index is 13.0. The van der Waals surface area contributed by atoms with E-state index in [1.165, 1.54) is 4.57 Å². The number of aromatic nitrogens is 2. The van der Waals surface area contributed by atoms with E-state index >= 15 is 0 Å². The van der Waals surface area contributed by atoms with E-state index in [0.29, 0.717) is 36.7 Å². The Kier molecular flexibility index (Phi) is 7.01. The molecule has 0 amide bonds. The van der Waals surface area contributed by atoms with Crippen LogP contribution in [-0.2, 0) is 6.42 Å². The molecule has 3 rings (SSSR count). The first-order valence-corrected chi connectivity index (χ1v) is 9.55. The topological polar surface area (TPSA) is 133 Å². The molecular formula is C21H25N7O2. The van der Waals surface area contributed by atoms with E-state index in [4.69, 9.17) is 16.4 Å². The zero-order valence-corrected chi connectivity index (χ0v) is 16.7. The van der Waals surface area contributed by atoms with Gasteiger partial charge in [-0.1, -0.05) is 24.3 Å². The number of anilines is 2. The number of hydrogen-bond acceptors (Lipinski definition) is 7. The molecule has 9 heteroatoms. The zero-order valence-electron chi connectivity index (χ0n) is 16.7. The number of hydrogen-bond donors (Lipinski definition) is 4. The molecule has 0 fully saturated rings. The van der Waals surface area contributed by atoms with Crippen LogP contribution in [0.5, 0.6) is 5.75 Å². The molecule has 0 bridgehead atoms. The van der Waals surface area contributed by atoms with Gasteiger partial charge in [-0.05, 0) is 43.2 Å². The van der Waals surface area contributed by atoms with E-state index < -0.39 is 0 Å². The molecule has 1 heterocycles. The first kappa shape index (κ1) is 20.9. The first-order valence-electron chi connectivity index (χ1n) is 9.55. The smallest absolute Gasteiger partial charge is 0.298 e. The number of hydrazone groups is 1. The molecule has 3 aromatic rings. The Morgan fingerprint density at radius 1 is 1.20 bits per heavy atom. The highest BCUT2D eigenvalue weighted by molar-refractivity contribution is 5.81. The summed E-state index contributed by atoms with van der Waals surface area (Å²) in [5, 5.41) is 6.65.